The highest BCUT2D eigenvalue weighted by molar-refractivity contribution is 5.99. The van der Waals surface area contributed by atoms with Crippen molar-refractivity contribution < 1.29 is 9.59 Å². The van der Waals surface area contributed by atoms with Crippen LogP contribution >= 0.6 is 0 Å². The lowest BCUT2D eigenvalue weighted by molar-refractivity contribution is 0.0946. The van der Waals surface area contributed by atoms with Gasteiger partial charge in [0.2, 0.25) is 0 Å². The van der Waals surface area contributed by atoms with Gasteiger partial charge in [0.25, 0.3) is 5.91 Å². The molecule has 0 saturated heterocycles. The van der Waals surface area contributed by atoms with Gasteiger partial charge in [0, 0.05) is 38.1 Å². The molecule has 0 bridgehead atoms. The van der Waals surface area contributed by atoms with Gasteiger partial charge in [-0.3, -0.25) is 9.59 Å². The van der Waals surface area contributed by atoms with Gasteiger partial charge in [-0.1, -0.05) is 12.1 Å². The number of benzene rings is 1. The van der Waals surface area contributed by atoms with Gasteiger partial charge in [-0.05, 0) is 30.7 Å². The molecule has 1 aromatic carbocycles. The Morgan fingerprint density at radius 3 is 2.38 bits per heavy atom. The van der Waals surface area contributed by atoms with E-state index in [2.05, 4.69) is 10.3 Å². The first-order valence-corrected chi connectivity index (χ1v) is 6.71. The summed E-state index contributed by atoms with van der Waals surface area (Å²) in [6, 6.07) is 9.53. The van der Waals surface area contributed by atoms with E-state index in [0.29, 0.717) is 17.8 Å². The van der Waals surface area contributed by atoms with Crippen molar-refractivity contribution in [1.82, 2.24) is 10.3 Å². The predicted octanol–water partition coefficient (Wildman–Crippen LogP) is 2.21. The standard InChI is InChI=1S/C16H19N3O2/c1-11(20)13-8-15(17-10-13)16(21)18-9-12-4-6-14(7-5-12)19(2)3/h4-8,10,17H,9H2,1-3H3,(H,18,21). The number of hydrogen-bond acceptors (Lipinski definition) is 3. The number of Topliss-reactive ketones (excluding diaryl/α,β-unsaturated/α-hetero) is 1. The Hall–Kier alpha value is -2.56. The number of nitrogens with zero attached hydrogens (tertiary/aromatic N) is 1. The van der Waals surface area contributed by atoms with Gasteiger partial charge >= 0.3 is 0 Å². The molecule has 21 heavy (non-hydrogen) atoms. The Morgan fingerprint density at radius 2 is 1.86 bits per heavy atom. The second kappa shape index (κ2) is 6.26. The molecule has 1 aromatic heterocycles. The van der Waals surface area contributed by atoms with E-state index in [9.17, 15) is 9.59 Å². The molecule has 0 spiro atoms. The van der Waals surface area contributed by atoms with E-state index in [1.165, 1.54) is 6.92 Å². The summed E-state index contributed by atoms with van der Waals surface area (Å²) in [6.07, 6.45) is 1.54. The second-order valence-corrected chi connectivity index (χ2v) is 5.10. The number of carbonyl (C=O) groups is 2. The molecule has 0 fully saturated rings. The van der Waals surface area contributed by atoms with Crippen LogP contribution in [-0.2, 0) is 6.54 Å². The predicted molar refractivity (Wildman–Crippen MR) is 82.7 cm³/mol. The quantitative estimate of drug-likeness (QED) is 0.828. The van der Waals surface area contributed by atoms with Gasteiger partial charge < -0.3 is 15.2 Å². The molecule has 0 aliphatic carbocycles. The first kappa shape index (κ1) is 14.8. The molecule has 2 N–H and O–H groups in total. The molecule has 1 heterocycles. The summed E-state index contributed by atoms with van der Waals surface area (Å²) >= 11 is 0. The van der Waals surface area contributed by atoms with Crippen LogP contribution in [0.15, 0.2) is 36.5 Å². The Morgan fingerprint density at radius 1 is 1.19 bits per heavy atom. The van der Waals surface area contributed by atoms with Crippen molar-refractivity contribution in [3.8, 4) is 0 Å². The molecule has 5 heteroatoms. The number of aromatic nitrogens is 1. The normalized spacial score (nSPS) is 10.2. The molecule has 0 aliphatic rings. The number of H-pyrrole nitrogens is 1. The number of carbonyl (C=O) groups excluding carboxylic acids is 2. The first-order valence-electron chi connectivity index (χ1n) is 6.71. The van der Waals surface area contributed by atoms with Gasteiger partial charge in [-0.2, -0.15) is 0 Å². The largest absolute Gasteiger partial charge is 0.378 e. The molecule has 0 radical (unpaired) electrons. The topological polar surface area (TPSA) is 65.2 Å². The monoisotopic (exact) mass is 285 g/mol. The molecule has 2 aromatic rings. The second-order valence-electron chi connectivity index (χ2n) is 5.10. The van der Waals surface area contributed by atoms with Gasteiger partial charge in [0.1, 0.15) is 5.69 Å². The van der Waals surface area contributed by atoms with E-state index in [0.717, 1.165) is 11.3 Å². The lowest BCUT2D eigenvalue weighted by Crippen LogP contribution is -2.23. The Balaban J connectivity index is 1.95. The van der Waals surface area contributed by atoms with E-state index >= 15 is 0 Å². The minimum Gasteiger partial charge on any atom is -0.378 e. The van der Waals surface area contributed by atoms with Crippen LogP contribution < -0.4 is 10.2 Å². The van der Waals surface area contributed by atoms with Crippen molar-refractivity contribution in [2.75, 3.05) is 19.0 Å². The van der Waals surface area contributed by atoms with Crippen molar-refractivity contribution >= 4 is 17.4 Å². The van der Waals surface area contributed by atoms with Crippen LogP contribution in [0.5, 0.6) is 0 Å². The highest BCUT2D eigenvalue weighted by Gasteiger charge is 2.10. The van der Waals surface area contributed by atoms with Crippen LogP contribution in [0.4, 0.5) is 5.69 Å². The number of rotatable bonds is 5. The minimum absolute atomic E-state index is 0.0652. The highest BCUT2D eigenvalue weighted by Crippen LogP contribution is 2.12. The van der Waals surface area contributed by atoms with E-state index in [1.807, 2.05) is 43.3 Å². The fraction of sp³-hybridized carbons (Fsp3) is 0.250. The van der Waals surface area contributed by atoms with Gasteiger partial charge in [-0.15, -0.1) is 0 Å². The number of ketones is 1. The van der Waals surface area contributed by atoms with Crippen molar-refractivity contribution in [3.05, 3.63) is 53.3 Å². The maximum atomic E-state index is 12.0. The van der Waals surface area contributed by atoms with Crippen molar-refractivity contribution in [2.24, 2.45) is 0 Å². The molecule has 1 amide bonds. The van der Waals surface area contributed by atoms with Crippen LogP contribution in [0.1, 0.15) is 33.3 Å². The summed E-state index contributed by atoms with van der Waals surface area (Å²) in [5.41, 5.74) is 3.04. The Kier molecular flexibility index (Phi) is 4.42. The number of amides is 1. The van der Waals surface area contributed by atoms with Crippen molar-refractivity contribution in [2.45, 2.75) is 13.5 Å². The zero-order valence-corrected chi connectivity index (χ0v) is 12.4. The Bertz CT molecular complexity index is 642. The SMILES string of the molecule is CC(=O)c1c[nH]c(C(=O)NCc2ccc(N(C)C)cc2)c1. The third-order valence-corrected chi connectivity index (χ3v) is 3.24. The van der Waals surface area contributed by atoms with Crippen LogP contribution in [0.25, 0.3) is 0 Å². The third-order valence-electron chi connectivity index (χ3n) is 3.24. The summed E-state index contributed by atoms with van der Waals surface area (Å²) in [7, 11) is 3.96. The summed E-state index contributed by atoms with van der Waals surface area (Å²) in [6.45, 7) is 1.91. The zero-order valence-electron chi connectivity index (χ0n) is 12.4. The molecule has 2 rings (SSSR count). The van der Waals surface area contributed by atoms with Gasteiger partial charge in [0.15, 0.2) is 5.78 Å². The molecule has 5 nitrogen and oxygen atoms in total. The number of anilines is 1. The summed E-state index contributed by atoms with van der Waals surface area (Å²) in [4.78, 5) is 28.0. The maximum Gasteiger partial charge on any atom is 0.267 e. The van der Waals surface area contributed by atoms with Crippen LogP contribution in [0, 0.1) is 0 Å². The van der Waals surface area contributed by atoms with Crippen LogP contribution in [-0.4, -0.2) is 30.8 Å². The lowest BCUT2D eigenvalue weighted by atomic mass is 10.2. The highest BCUT2D eigenvalue weighted by atomic mass is 16.2. The van der Waals surface area contributed by atoms with Crippen molar-refractivity contribution in [3.63, 3.8) is 0 Å². The number of hydrogen-bond donors (Lipinski definition) is 2. The summed E-state index contributed by atoms with van der Waals surface area (Å²) in [5.74, 6) is -0.288. The number of aromatic amines is 1. The molecule has 0 saturated carbocycles. The molecule has 0 unspecified atom stereocenters. The van der Waals surface area contributed by atoms with Crippen molar-refractivity contribution in [1.29, 1.82) is 0 Å². The maximum absolute atomic E-state index is 12.0. The van der Waals surface area contributed by atoms with Crippen LogP contribution in [0.2, 0.25) is 0 Å². The minimum atomic E-state index is -0.223. The van der Waals surface area contributed by atoms with Gasteiger partial charge in [-0.25, -0.2) is 0 Å². The van der Waals surface area contributed by atoms with Crippen LogP contribution in [0.3, 0.4) is 0 Å². The van der Waals surface area contributed by atoms with Gasteiger partial charge in [0.05, 0.1) is 0 Å². The summed E-state index contributed by atoms with van der Waals surface area (Å²) in [5, 5.41) is 2.82. The lowest BCUT2D eigenvalue weighted by Gasteiger charge is -2.12. The first-order chi connectivity index (χ1) is 9.97. The molecular weight excluding hydrogens is 266 g/mol. The molecule has 0 aliphatic heterocycles. The number of nitrogens with one attached hydrogen (secondary N) is 2. The zero-order chi connectivity index (χ0) is 15.4. The fourth-order valence-corrected chi connectivity index (χ4v) is 1.92. The third kappa shape index (κ3) is 3.72. The molecule has 110 valence electrons. The molecular formula is C16H19N3O2. The smallest absolute Gasteiger partial charge is 0.267 e. The molecule has 0 atom stereocenters. The summed E-state index contributed by atoms with van der Waals surface area (Å²) < 4.78 is 0. The average molecular weight is 285 g/mol. The Labute approximate surface area is 124 Å². The van der Waals surface area contributed by atoms with E-state index in [1.54, 1.807) is 12.3 Å². The van der Waals surface area contributed by atoms with E-state index in [-0.39, 0.29) is 11.7 Å². The fourth-order valence-electron chi connectivity index (χ4n) is 1.92. The van der Waals surface area contributed by atoms with E-state index in [4.69, 9.17) is 0 Å². The van der Waals surface area contributed by atoms with E-state index < -0.39 is 0 Å². The average Bonchev–Trinajstić information content (AvgIpc) is 2.95.